The Kier molecular flexibility index (Phi) is 46.7. The fourth-order valence-corrected chi connectivity index (χ4v) is 8.75. The van der Waals surface area contributed by atoms with Crippen molar-refractivity contribution in [3.63, 3.8) is 0 Å². The second-order valence-electron chi connectivity index (χ2n) is 17.6. The summed E-state index contributed by atoms with van der Waals surface area (Å²) in [5.41, 5.74) is 0. The number of nitrogens with one attached hydrogen (secondary N) is 1. The first-order valence-corrected chi connectivity index (χ1v) is 26.7. The van der Waals surface area contributed by atoms with E-state index in [4.69, 9.17) is 18.7 Å². The van der Waals surface area contributed by atoms with Crippen LogP contribution in [0.5, 0.6) is 0 Å². The second kappa shape index (κ2) is 44.9. The first-order valence-electron chi connectivity index (χ1n) is 25.2. The van der Waals surface area contributed by atoms with Crippen molar-refractivity contribution >= 4 is 25.7 Å². The van der Waals surface area contributed by atoms with Gasteiger partial charge in [-0.15, -0.1) is 0 Å². The van der Waals surface area contributed by atoms with Gasteiger partial charge in [0, 0.05) is 19.3 Å². The van der Waals surface area contributed by atoms with Gasteiger partial charge in [-0.25, -0.2) is 0 Å². The molecule has 0 aromatic rings. The van der Waals surface area contributed by atoms with Gasteiger partial charge in [-0.1, -0.05) is 213 Å². The van der Waals surface area contributed by atoms with E-state index in [1.165, 1.54) is 116 Å². The van der Waals surface area contributed by atoms with Gasteiger partial charge >= 0.3 is 71.1 Å². The SMILES string of the molecule is CCCCCCCCCCCCCC(=O)N[C@H]1[C@H](OC(=O)CCCCCCCCCCCCC)O[C@H](CO)[C@@H](OP(=O)([O-])[O-])[C@@H]1OC(=O)CCCCCCCCCCCCC.[Na+].[Na+]. The van der Waals surface area contributed by atoms with Gasteiger partial charge in [-0.2, -0.15) is 0 Å². The van der Waals surface area contributed by atoms with Gasteiger partial charge in [0.25, 0.3) is 0 Å². The monoisotopic (exact) mass is 934 g/mol. The number of carbonyl (C=O) groups is 3. The summed E-state index contributed by atoms with van der Waals surface area (Å²) in [5.74, 6) is -1.72. The van der Waals surface area contributed by atoms with Gasteiger partial charge < -0.3 is 43.5 Å². The van der Waals surface area contributed by atoms with E-state index in [1.54, 1.807) is 0 Å². The summed E-state index contributed by atoms with van der Waals surface area (Å²) < 4.78 is 34.3. The van der Waals surface area contributed by atoms with Crippen LogP contribution in [-0.2, 0) is 37.7 Å². The predicted octanol–water partition coefficient (Wildman–Crippen LogP) is 4.97. The summed E-state index contributed by atoms with van der Waals surface area (Å²) in [6.45, 7) is 5.81. The maximum atomic E-state index is 13.4. The Morgan fingerprint density at radius 3 is 1.16 bits per heavy atom. The molecule has 1 fully saturated rings. The molecule has 0 spiro atoms. The molecule has 1 aliphatic heterocycles. The zero-order chi connectivity index (χ0) is 44.8. The Balaban J connectivity index is 0. The number of carbonyl (C=O) groups excluding carboxylic acids is 3. The number of phosphoric acid groups is 1. The van der Waals surface area contributed by atoms with Crippen molar-refractivity contribution in [1.82, 2.24) is 5.32 Å². The maximum Gasteiger partial charge on any atom is 1.00 e. The van der Waals surface area contributed by atoms with E-state index in [-0.39, 0.29) is 78.4 Å². The average molecular weight is 934 g/mol. The van der Waals surface area contributed by atoms with Crippen LogP contribution in [-0.4, -0.2) is 60.2 Å². The summed E-state index contributed by atoms with van der Waals surface area (Å²) in [6.07, 6.45) is 30.3. The summed E-state index contributed by atoms with van der Waals surface area (Å²) >= 11 is 0. The topological polar surface area (TPSA) is 184 Å². The van der Waals surface area contributed by atoms with E-state index in [0.717, 1.165) is 77.0 Å². The van der Waals surface area contributed by atoms with Gasteiger partial charge in [0.2, 0.25) is 12.2 Å². The van der Waals surface area contributed by atoms with Gasteiger partial charge in [0.15, 0.2) is 6.10 Å². The van der Waals surface area contributed by atoms with Crippen molar-refractivity contribution < 1.29 is 112 Å². The van der Waals surface area contributed by atoms with Crippen LogP contribution in [0, 0.1) is 0 Å². The molecule has 360 valence electrons. The minimum Gasteiger partial charge on any atom is -0.790 e. The molecule has 0 radical (unpaired) electrons. The van der Waals surface area contributed by atoms with Gasteiger partial charge in [-0.05, 0) is 19.3 Å². The van der Waals surface area contributed by atoms with E-state index in [0.29, 0.717) is 19.3 Å². The van der Waals surface area contributed by atoms with E-state index in [1.807, 2.05) is 0 Å². The molecule has 5 atom stereocenters. The predicted molar refractivity (Wildman–Crippen MR) is 239 cm³/mol. The Labute approximate surface area is 428 Å². The van der Waals surface area contributed by atoms with Crippen LogP contribution < -0.4 is 74.2 Å². The smallest absolute Gasteiger partial charge is 0.790 e. The molecule has 1 aliphatic rings. The molecule has 2 N–H and O–H groups in total. The summed E-state index contributed by atoms with van der Waals surface area (Å²) in [7, 11) is -5.70. The Morgan fingerprint density at radius 1 is 0.508 bits per heavy atom. The van der Waals surface area contributed by atoms with E-state index in [2.05, 4.69) is 26.1 Å². The molecule has 0 bridgehead atoms. The second-order valence-corrected chi connectivity index (χ2v) is 18.7. The number of amides is 1. The van der Waals surface area contributed by atoms with E-state index < -0.39 is 62.9 Å². The van der Waals surface area contributed by atoms with Gasteiger partial charge in [0.05, 0.1) is 14.4 Å². The molecular weight excluding hydrogens is 843 g/mol. The number of hydrogen-bond acceptors (Lipinski definition) is 11. The first kappa shape index (κ1) is 65.5. The Bertz CT molecular complexity index is 1130. The van der Waals surface area contributed by atoms with Crippen LogP contribution in [0.2, 0.25) is 0 Å². The van der Waals surface area contributed by atoms with E-state index in [9.17, 15) is 33.8 Å². The number of unbranched alkanes of at least 4 members (excludes halogenated alkanes) is 30. The number of phosphoric ester groups is 1. The number of ether oxygens (including phenoxy) is 3. The minimum absolute atomic E-state index is 0. The fraction of sp³-hybridized carbons (Fsp3) is 0.938. The van der Waals surface area contributed by atoms with Gasteiger partial charge in [0.1, 0.15) is 18.2 Å². The third-order valence-corrected chi connectivity index (χ3v) is 12.4. The van der Waals surface area contributed by atoms with Gasteiger partial charge in [-0.3, -0.25) is 14.4 Å². The minimum atomic E-state index is -5.70. The van der Waals surface area contributed by atoms with Crippen LogP contribution in [0.15, 0.2) is 0 Å². The summed E-state index contributed by atoms with van der Waals surface area (Å²) in [5, 5.41) is 13.0. The number of hydrogen-bond donors (Lipinski definition) is 2. The standard InChI is InChI=1S/C48H92NO11P.2Na/c1-4-7-10-13-16-19-22-25-28-31-34-37-42(51)49-45-47(58-43(52)38-35-32-29-26-23-20-17-14-11-8-5-2)46(60-61(54,55)56)41(40-50)57-48(45)59-44(53)39-36-33-30-27-24-21-18-15-12-9-6-3;;/h41,45-48,50H,4-40H2,1-3H3,(H,49,51)(H2,54,55,56);;/q;2*+1/p-2/t41-,45-,46-,47-,48+;;/m1../s1. The van der Waals surface area contributed by atoms with Crippen molar-refractivity contribution in [2.24, 2.45) is 0 Å². The van der Waals surface area contributed by atoms with Crippen LogP contribution in [0.1, 0.15) is 252 Å². The van der Waals surface area contributed by atoms with Crippen molar-refractivity contribution in [2.45, 2.75) is 283 Å². The van der Waals surface area contributed by atoms with Crippen LogP contribution in [0.3, 0.4) is 0 Å². The fourth-order valence-electron chi connectivity index (χ4n) is 8.19. The number of aliphatic hydroxyl groups excluding tert-OH is 1. The Morgan fingerprint density at radius 2 is 0.825 bits per heavy atom. The van der Waals surface area contributed by atoms with Crippen molar-refractivity contribution in [1.29, 1.82) is 0 Å². The van der Waals surface area contributed by atoms with Crippen molar-refractivity contribution in [3.8, 4) is 0 Å². The molecule has 15 heteroatoms. The number of rotatable bonds is 42. The van der Waals surface area contributed by atoms with Crippen molar-refractivity contribution in [2.75, 3.05) is 6.61 Å². The zero-order valence-corrected chi connectivity index (χ0v) is 45.9. The normalized spacial score (nSPS) is 18.6. The van der Waals surface area contributed by atoms with Crippen molar-refractivity contribution in [3.05, 3.63) is 0 Å². The summed E-state index contributed by atoms with van der Waals surface area (Å²) in [4.78, 5) is 63.9. The average Bonchev–Trinajstić information content (AvgIpc) is 3.22. The molecule has 0 unspecified atom stereocenters. The summed E-state index contributed by atoms with van der Waals surface area (Å²) in [6, 6.07) is -1.39. The molecule has 1 rings (SSSR count). The molecule has 1 heterocycles. The van der Waals surface area contributed by atoms with Crippen LogP contribution in [0.4, 0.5) is 0 Å². The third kappa shape index (κ3) is 37.1. The molecule has 0 saturated carbocycles. The molecular formula is C48H90NNa2O11P. The maximum absolute atomic E-state index is 13.4. The molecule has 12 nitrogen and oxygen atoms in total. The molecule has 0 aromatic carbocycles. The number of aliphatic hydroxyl groups is 1. The largest absolute Gasteiger partial charge is 1.00 e. The number of esters is 2. The molecule has 1 saturated heterocycles. The molecule has 1 amide bonds. The quantitative estimate of drug-likeness (QED) is 0.0365. The van der Waals surface area contributed by atoms with Crippen LogP contribution in [0.25, 0.3) is 0 Å². The molecule has 0 aromatic heterocycles. The van der Waals surface area contributed by atoms with E-state index >= 15 is 0 Å². The van der Waals surface area contributed by atoms with Crippen LogP contribution >= 0.6 is 7.82 Å². The first-order chi connectivity index (χ1) is 29.6. The Hall–Kier alpha value is 0.440. The third-order valence-electron chi connectivity index (χ3n) is 11.9. The molecule has 0 aliphatic carbocycles. The molecule has 63 heavy (non-hydrogen) atoms. The zero-order valence-electron chi connectivity index (χ0n) is 41.0.